The molecule has 0 spiro atoms. The summed E-state index contributed by atoms with van der Waals surface area (Å²) in [5.41, 5.74) is 3.17. The van der Waals surface area contributed by atoms with Gasteiger partial charge in [-0.1, -0.05) is 80.2 Å². The maximum atomic E-state index is 6.15. The lowest BCUT2D eigenvalue weighted by Gasteiger charge is -2.19. The lowest BCUT2D eigenvalue weighted by molar-refractivity contribution is 0.291. The minimum absolute atomic E-state index is 0.105. The SMILES string of the molecule is CC(C)(C)c1ccc(OCc2nnc(SCc3cc(-c4ccccc4)no3)n2N)cc1. The molecule has 0 bridgehead atoms. The first kappa shape index (κ1) is 21.0. The summed E-state index contributed by atoms with van der Waals surface area (Å²) < 4.78 is 12.7. The van der Waals surface area contributed by atoms with Crippen molar-refractivity contribution < 1.29 is 9.26 Å². The fourth-order valence-electron chi connectivity index (χ4n) is 2.96. The van der Waals surface area contributed by atoms with E-state index in [9.17, 15) is 0 Å². The molecule has 0 saturated heterocycles. The van der Waals surface area contributed by atoms with Gasteiger partial charge >= 0.3 is 0 Å². The molecule has 0 unspecified atom stereocenters. The van der Waals surface area contributed by atoms with Crippen LogP contribution in [0.3, 0.4) is 0 Å². The van der Waals surface area contributed by atoms with E-state index in [4.69, 9.17) is 15.1 Å². The van der Waals surface area contributed by atoms with Crippen LogP contribution < -0.4 is 10.6 Å². The second-order valence-corrected chi connectivity index (χ2v) is 9.11. The summed E-state index contributed by atoms with van der Waals surface area (Å²) >= 11 is 1.43. The third-order valence-electron chi connectivity index (χ3n) is 4.80. The highest BCUT2D eigenvalue weighted by Gasteiger charge is 2.15. The monoisotopic (exact) mass is 435 g/mol. The Morgan fingerprint density at radius 3 is 2.48 bits per heavy atom. The number of rotatable bonds is 7. The molecule has 0 atom stereocenters. The number of nitrogens with two attached hydrogens (primary N) is 1. The average Bonchev–Trinajstić information content (AvgIpc) is 3.38. The highest BCUT2D eigenvalue weighted by atomic mass is 32.2. The number of nitrogen functional groups attached to an aromatic ring is 1. The molecular weight excluding hydrogens is 410 g/mol. The standard InChI is InChI=1S/C23H25N5O2S/c1-23(2,3)17-9-11-18(12-10-17)29-14-21-25-26-22(28(21)24)31-15-19-13-20(27-30-19)16-7-5-4-6-8-16/h4-13H,14-15,24H2,1-3H3. The first-order chi connectivity index (χ1) is 14.9. The molecule has 0 aliphatic carbocycles. The molecule has 31 heavy (non-hydrogen) atoms. The first-order valence-corrected chi connectivity index (χ1v) is 11.0. The van der Waals surface area contributed by atoms with Crippen LogP contribution in [0.2, 0.25) is 0 Å². The summed E-state index contributed by atoms with van der Waals surface area (Å²) in [5.74, 6) is 8.75. The fourth-order valence-corrected chi connectivity index (χ4v) is 3.72. The van der Waals surface area contributed by atoms with E-state index in [1.54, 1.807) is 0 Å². The van der Waals surface area contributed by atoms with Crippen molar-refractivity contribution in [3.05, 3.63) is 77.8 Å². The van der Waals surface area contributed by atoms with Crippen molar-refractivity contribution in [3.8, 4) is 17.0 Å². The molecule has 0 aliphatic heterocycles. The quantitative estimate of drug-likeness (QED) is 0.329. The van der Waals surface area contributed by atoms with Gasteiger partial charge in [-0.3, -0.25) is 0 Å². The third-order valence-corrected chi connectivity index (χ3v) is 5.76. The zero-order chi connectivity index (χ0) is 21.8. The minimum atomic E-state index is 0.105. The second kappa shape index (κ2) is 8.85. The number of nitrogens with zero attached hydrogens (tertiary/aromatic N) is 4. The minimum Gasteiger partial charge on any atom is -0.486 e. The van der Waals surface area contributed by atoms with E-state index in [0.717, 1.165) is 22.8 Å². The summed E-state index contributed by atoms with van der Waals surface area (Å²) in [4.78, 5) is 0. The molecule has 4 rings (SSSR count). The van der Waals surface area contributed by atoms with E-state index < -0.39 is 0 Å². The van der Waals surface area contributed by atoms with E-state index in [1.807, 2.05) is 48.5 Å². The first-order valence-electron chi connectivity index (χ1n) is 9.97. The van der Waals surface area contributed by atoms with Gasteiger partial charge in [-0.2, -0.15) is 0 Å². The number of thioether (sulfide) groups is 1. The molecule has 160 valence electrons. The van der Waals surface area contributed by atoms with Crippen molar-refractivity contribution in [1.82, 2.24) is 20.0 Å². The highest BCUT2D eigenvalue weighted by molar-refractivity contribution is 7.98. The van der Waals surface area contributed by atoms with Crippen LogP contribution in [0, 0.1) is 0 Å². The molecule has 0 fully saturated rings. The van der Waals surface area contributed by atoms with Gasteiger partial charge in [0.05, 0.1) is 5.75 Å². The van der Waals surface area contributed by atoms with Crippen molar-refractivity contribution in [2.75, 3.05) is 5.84 Å². The molecule has 2 aromatic carbocycles. The van der Waals surface area contributed by atoms with Crippen LogP contribution in [0.5, 0.6) is 5.75 Å². The van der Waals surface area contributed by atoms with Crippen LogP contribution in [-0.2, 0) is 17.8 Å². The largest absolute Gasteiger partial charge is 0.486 e. The van der Waals surface area contributed by atoms with Crippen molar-refractivity contribution in [3.63, 3.8) is 0 Å². The fraction of sp³-hybridized carbons (Fsp3) is 0.261. The van der Waals surface area contributed by atoms with Crippen LogP contribution in [0.4, 0.5) is 0 Å². The Bertz CT molecular complexity index is 1130. The lowest BCUT2D eigenvalue weighted by Crippen LogP contribution is -2.16. The van der Waals surface area contributed by atoms with Gasteiger partial charge < -0.3 is 15.1 Å². The maximum Gasteiger partial charge on any atom is 0.210 e. The second-order valence-electron chi connectivity index (χ2n) is 8.17. The Balaban J connectivity index is 1.34. The van der Waals surface area contributed by atoms with E-state index in [0.29, 0.717) is 16.7 Å². The van der Waals surface area contributed by atoms with E-state index >= 15 is 0 Å². The third kappa shape index (κ3) is 5.08. The lowest BCUT2D eigenvalue weighted by atomic mass is 9.87. The van der Waals surface area contributed by atoms with Crippen LogP contribution in [0.1, 0.15) is 37.9 Å². The van der Waals surface area contributed by atoms with Gasteiger partial charge in [-0.25, -0.2) is 4.68 Å². The van der Waals surface area contributed by atoms with Gasteiger partial charge in [0.15, 0.2) is 5.82 Å². The summed E-state index contributed by atoms with van der Waals surface area (Å²) in [5, 5.41) is 13.0. The Morgan fingerprint density at radius 2 is 1.77 bits per heavy atom. The normalized spacial score (nSPS) is 11.6. The molecule has 2 N–H and O–H groups in total. The summed E-state index contributed by atoms with van der Waals surface area (Å²) in [6, 6.07) is 19.9. The van der Waals surface area contributed by atoms with Crippen molar-refractivity contribution >= 4 is 11.8 Å². The molecule has 0 amide bonds. The number of benzene rings is 2. The Morgan fingerprint density at radius 1 is 1.03 bits per heavy atom. The zero-order valence-corrected chi connectivity index (χ0v) is 18.6. The molecular formula is C23H25N5O2S. The predicted molar refractivity (Wildman–Crippen MR) is 121 cm³/mol. The molecule has 2 heterocycles. The van der Waals surface area contributed by atoms with Crippen LogP contribution >= 0.6 is 11.8 Å². The van der Waals surface area contributed by atoms with Crippen molar-refractivity contribution in [2.45, 2.75) is 43.7 Å². The molecule has 0 radical (unpaired) electrons. The molecule has 7 nitrogen and oxygen atoms in total. The maximum absolute atomic E-state index is 6.15. The molecule has 0 aliphatic rings. The highest BCUT2D eigenvalue weighted by Crippen LogP contribution is 2.26. The van der Waals surface area contributed by atoms with E-state index in [-0.39, 0.29) is 12.0 Å². The van der Waals surface area contributed by atoms with Crippen LogP contribution in [-0.4, -0.2) is 20.0 Å². The zero-order valence-electron chi connectivity index (χ0n) is 17.8. The molecule has 0 saturated carbocycles. The number of hydrogen-bond donors (Lipinski definition) is 1. The molecule has 2 aromatic heterocycles. The van der Waals surface area contributed by atoms with Gasteiger partial charge in [-0.05, 0) is 23.1 Å². The molecule has 4 aromatic rings. The summed E-state index contributed by atoms with van der Waals surface area (Å²) in [6.45, 7) is 6.78. The average molecular weight is 436 g/mol. The van der Waals surface area contributed by atoms with Crippen LogP contribution in [0.15, 0.2) is 70.3 Å². The van der Waals surface area contributed by atoms with E-state index in [2.05, 4.69) is 48.3 Å². The summed E-state index contributed by atoms with van der Waals surface area (Å²) in [7, 11) is 0. The van der Waals surface area contributed by atoms with Gasteiger partial charge in [0.25, 0.3) is 0 Å². The number of ether oxygens (including phenoxy) is 1. The topological polar surface area (TPSA) is 92.0 Å². The van der Waals surface area contributed by atoms with Gasteiger partial charge in [0.1, 0.15) is 23.8 Å². The van der Waals surface area contributed by atoms with Crippen molar-refractivity contribution in [1.29, 1.82) is 0 Å². The van der Waals surface area contributed by atoms with Crippen LogP contribution in [0.25, 0.3) is 11.3 Å². The van der Waals surface area contributed by atoms with Gasteiger partial charge in [-0.15, -0.1) is 10.2 Å². The predicted octanol–water partition coefficient (Wildman–Crippen LogP) is 4.82. The van der Waals surface area contributed by atoms with Crippen molar-refractivity contribution in [2.24, 2.45) is 0 Å². The number of aromatic nitrogens is 4. The Kier molecular flexibility index (Phi) is 5.99. The summed E-state index contributed by atoms with van der Waals surface area (Å²) in [6.07, 6.45) is 0. The Labute approximate surface area is 185 Å². The van der Waals surface area contributed by atoms with Gasteiger partial charge in [0.2, 0.25) is 5.16 Å². The smallest absolute Gasteiger partial charge is 0.210 e. The molecule has 8 heteroatoms. The van der Waals surface area contributed by atoms with Gasteiger partial charge in [0, 0.05) is 11.6 Å². The number of hydrogen-bond acceptors (Lipinski definition) is 7. The Hall–Kier alpha value is -3.26. The van der Waals surface area contributed by atoms with E-state index in [1.165, 1.54) is 22.0 Å².